The van der Waals surface area contributed by atoms with Crippen molar-refractivity contribution in [2.45, 2.75) is 31.4 Å². The van der Waals surface area contributed by atoms with Crippen molar-refractivity contribution in [2.24, 2.45) is 0 Å². The van der Waals surface area contributed by atoms with Crippen molar-refractivity contribution in [3.8, 4) is 0 Å². The van der Waals surface area contributed by atoms with Gasteiger partial charge in [-0.15, -0.1) is 0 Å². The molecule has 0 aromatic carbocycles. The van der Waals surface area contributed by atoms with Crippen LogP contribution in [0.5, 0.6) is 0 Å². The summed E-state index contributed by atoms with van der Waals surface area (Å²) >= 11 is 0. The van der Waals surface area contributed by atoms with E-state index in [4.69, 9.17) is 4.43 Å². The highest BCUT2D eigenvalue weighted by molar-refractivity contribution is 6.26. The van der Waals surface area contributed by atoms with Crippen molar-refractivity contribution in [3.05, 3.63) is 0 Å². The van der Waals surface area contributed by atoms with Gasteiger partial charge in [-0.3, -0.25) is 0 Å². The van der Waals surface area contributed by atoms with Gasteiger partial charge in [-0.2, -0.15) is 17.6 Å². The molecule has 0 aliphatic rings. The fourth-order valence-electron chi connectivity index (χ4n) is 1.29. The molecule has 0 aromatic rings. The van der Waals surface area contributed by atoms with E-state index in [9.17, 15) is 22.4 Å². The molecular weight excluding hydrogens is 312 g/mol. The first kappa shape index (κ1) is 20.1. The van der Waals surface area contributed by atoms with E-state index in [0.29, 0.717) is 13.0 Å². The van der Waals surface area contributed by atoms with E-state index < -0.39 is 34.4 Å². The summed E-state index contributed by atoms with van der Waals surface area (Å²) < 4.78 is 62.1. The predicted molar refractivity (Wildman–Crippen MR) is 72.5 cm³/mol. The number of hydrogen-bond acceptors (Lipinski definition) is 4. The third-order valence-electron chi connectivity index (χ3n) is 2.58. The Bertz CT molecular complexity index is 320. The topological polar surface area (TPSA) is 50.8 Å². The van der Waals surface area contributed by atoms with Crippen LogP contribution in [0.4, 0.5) is 22.4 Å². The summed E-state index contributed by atoms with van der Waals surface area (Å²) in [4.78, 5) is 11.2. The molecule has 0 heterocycles. The highest BCUT2D eigenvalue weighted by atomic mass is 28.2. The lowest BCUT2D eigenvalue weighted by atomic mass is 10.3. The normalized spacial score (nSPS) is 13.1. The second-order valence-electron chi connectivity index (χ2n) is 4.55. The second kappa shape index (κ2) is 9.21. The van der Waals surface area contributed by atoms with Crippen LogP contribution in [0.15, 0.2) is 0 Å². The van der Waals surface area contributed by atoms with Gasteiger partial charge in [0.2, 0.25) is 0 Å². The van der Waals surface area contributed by atoms with Crippen LogP contribution >= 0.6 is 0 Å². The van der Waals surface area contributed by atoms with Gasteiger partial charge in [-0.05, 0) is 33.5 Å². The number of ether oxygens (including phenoxy) is 1. The maximum Gasteiger partial charge on any atom is 0.407 e. The smallest absolute Gasteiger partial charge is 0.407 e. The van der Waals surface area contributed by atoms with Crippen molar-refractivity contribution >= 4 is 15.9 Å². The third kappa shape index (κ3) is 7.09. The van der Waals surface area contributed by atoms with Crippen molar-refractivity contribution in [2.75, 3.05) is 33.9 Å². The summed E-state index contributed by atoms with van der Waals surface area (Å²) in [5.74, 6) is -4.46. The highest BCUT2D eigenvalue weighted by Crippen LogP contribution is 2.35. The largest absolute Gasteiger partial charge is 0.443 e. The first-order chi connectivity index (χ1) is 9.65. The summed E-state index contributed by atoms with van der Waals surface area (Å²) in [6.45, 7) is 1.08. The lowest BCUT2D eigenvalue weighted by Crippen LogP contribution is -2.54. The van der Waals surface area contributed by atoms with E-state index in [2.05, 4.69) is 10.1 Å². The number of alkyl halides is 4. The molecular formula is C11H22F4N2O3Si. The zero-order chi connectivity index (χ0) is 16.5. The monoisotopic (exact) mass is 334 g/mol. The number of carbonyl (C=O) groups is 1. The number of hydrogen-bond donors (Lipinski definition) is 1. The first-order valence-electron chi connectivity index (χ1n) is 6.56. The van der Waals surface area contributed by atoms with Gasteiger partial charge < -0.3 is 14.5 Å². The molecule has 0 aliphatic heterocycles. The van der Waals surface area contributed by atoms with E-state index in [0.717, 1.165) is 20.1 Å². The van der Waals surface area contributed by atoms with Crippen molar-refractivity contribution in [1.29, 1.82) is 0 Å². The molecule has 126 valence electrons. The van der Waals surface area contributed by atoms with Gasteiger partial charge in [-0.25, -0.2) is 9.69 Å². The van der Waals surface area contributed by atoms with Crippen LogP contribution in [0.25, 0.3) is 0 Å². The molecule has 0 rings (SSSR count). The van der Waals surface area contributed by atoms with Gasteiger partial charge in [-0.1, -0.05) is 0 Å². The van der Waals surface area contributed by atoms with E-state index in [-0.39, 0.29) is 11.4 Å². The summed E-state index contributed by atoms with van der Waals surface area (Å²) in [6, 6.07) is -3.57. The number of halogens is 4. The molecule has 0 radical (unpaired) electrons. The Morgan fingerprint density at radius 2 is 1.90 bits per heavy atom. The molecule has 5 nitrogen and oxygen atoms in total. The molecule has 10 heteroatoms. The maximum atomic E-state index is 13.2. The second-order valence-corrected chi connectivity index (χ2v) is 6.07. The Morgan fingerprint density at radius 1 is 1.29 bits per heavy atom. The first-order valence-corrected chi connectivity index (χ1v) is 8.14. The van der Waals surface area contributed by atoms with Crippen LogP contribution in [-0.2, 0) is 9.16 Å². The van der Waals surface area contributed by atoms with Gasteiger partial charge in [0.05, 0.1) is 0 Å². The molecule has 0 unspecified atom stereocenters. The molecule has 0 fully saturated rings. The van der Waals surface area contributed by atoms with E-state index in [1.807, 2.05) is 6.92 Å². The number of carbonyl (C=O) groups excluding carboxylic acids is 1. The predicted octanol–water partition coefficient (Wildman–Crippen LogP) is 1.43. The number of alkyl carbamates (subject to hydrolysis) is 1. The number of nitrogens with zero attached hydrogens (tertiary/aromatic N) is 1. The van der Waals surface area contributed by atoms with E-state index >= 15 is 0 Å². The number of rotatable bonds is 10. The molecule has 0 aromatic heterocycles. The SMILES string of the molecule is CCO[SiH2]CCCNC(=O)OCC(F)(F)C(F)(F)N(C)C. The molecule has 0 spiro atoms. The molecule has 1 amide bonds. The van der Waals surface area contributed by atoms with Crippen LogP contribution in [0.1, 0.15) is 13.3 Å². The summed E-state index contributed by atoms with van der Waals surface area (Å²) in [7, 11) is 1.02. The summed E-state index contributed by atoms with van der Waals surface area (Å²) in [5, 5.41) is 2.23. The van der Waals surface area contributed by atoms with Crippen LogP contribution in [0.3, 0.4) is 0 Å². The van der Waals surface area contributed by atoms with Gasteiger partial charge >= 0.3 is 18.1 Å². The zero-order valence-electron chi connectivity index (χ0n) is 12.4. The number of nitrogens with one attached hydrogen (secondary N) is 1. The third-order valence-corrected chi connectivity index (χ3v) is 4.06. The average Bonchev–Trinajstić information content (AvgIpc) is 2.40. The minimum absolute atomic E-state index is 0.0760. The Hall–Kier alpha value is -0.873. The Kier molecular flexibility index (Phi) is 8.82. The van der Waals surface area contributed by atoms with Crippen LogP contribution in [0, 0.1) is 0 Å². The van der Waals surface area contributed by atoms with Crippen LogP contribution < -0.4 is 5.32 Å². The van der Waals surface area contributed by atoms with Gasteiger partial charge in [0.1, 0.15) is 0 Å². The lowest BCUT2D eigenvalue weighted by Gasteiger charge is -2.30. The molecule has 0 atom stereocenters. The Labute approximate surface area is 123 Å². The molecule has 21 heavy (non-hydrogen) atoms. The van der Waals surface area contributed by atoms with Crippen LogP contribution in [0.2, 0.25) is 6.04 Å². The molecule has 0 saturated heterocycles. The zero-order valence-corrected chi connectivity index (χ0v) is 13.8. The molecule has 0 aliphatic carbocycles. The van der Waals surface area contributed by atoms with Gasteiger partial charge in [0, 0.05) is 13.2 Å². The van der Waals surface area contributed by atoms with Crippen molar-refractivity contribution < 1.29 is 31.5 Å². The Balaban J connectivity index is 3.97. The molecule has 1 N–H and O–H groups in total. The maximum absolute atomic E-state index is 13.2. The van der Waals surface area contributed by atoms with E-state index in [1.54, 1.807) is 0 Å². The average molecular weight is 334 g/mol. The fourth-order valence-corrected chi connectivity index (χ4v) is 2.23. The fraction of sp³-hybridized carbons (Fsp3) is 0.909. The van der Waals surface area contributed by atoms with Crippen molar-refractivity contribution in [3.63, 3.8) is 0 Å². The highest BCUT2D eigenvalue weighted by Gasteiger charge is 2.59. The number of amides is 1. The summed E-state index contributed by atoms with van der Waals surface area (Å²) in [5.41, 5.74) is 0. The molecule has 0 bridgehead atoms. The quantitative estimate of drug-likeness (QED) is 0.284. The molecule has 0 saturated carbocycles. The minimum atomic E-state index is -4.46. The standard InChI is InChI=1S/C11H22F4N2O3Si/c1-4-20-21-7-5-6-16-9(18)19-8-10(12,13)11(14,15)17(2)3/h4-8,21H2,1-3H3,(H,16,18). The minimum Gasteiger partial charge on any atom is -0.443 e. The van der Waals surface area contributed by atoms with Crippen molar-refractivity contribution in [1.82, 2.24) is 10.2 Å². The van der Waals surface area contributed by atoms with E-state index in [1.165, 1.54) is 0 Å². The van der Waals surface area contributed by atoms with Gasteiger partial charge in [0.25, 0.3) is 0 Å². The summed E-state index contributed by atoms with van der Waals surface area (Å²) in [6.07, 6.45) is -0.506. The Morgan fingerprint density at radius 3 is 2.43 bits per heavy atom. The van der Waals surface area contributed by atoms with Crippen LogP contribution in [-0.4, -0.2) is 66.6 Å². The lowest BCUT2D eigenvalue weighted by molar-refractivity contribution is -0.284. The van der Waals surface area contributed by atoms with Gasteiger partial charge in [0.15, 0.2) is 16.4 Å².